The maximum atomic E-state index is 11.6. The van der Waals surface area contributed by atoms with Gasteiger partial charge in [0.15, 0.2) is 11.8 Å². The van der Waals surface area contributed by atoms with E-state index in [9.17, 15) is 4.79 Å². The molecule has 1 N–H and O–H groups in total. The van der Waals surface area contributed by atoms with Gasteiger partial charge in [0.1, 0.15) is 12.4 Å². The first-order valence-electron chi connectivity index (χ1n) is 10.4. The standard InChI is InChI=1S/C19H34N8O/c1-5-25-8-6-7-17(25)13-20-19(21-14-18-23-22-15(2)24(18)4)27-11-9-26(10-12-27)16(3)28/h17H,5-14H2,1-4H3,(H,20,21). The molecule has 2 aliphatic heterocycles. The molecule has 2 fully saturated rings. The van der Waals surface area contributed by atoms with Crippen LogP contribution in [-0.4, -0.2) is 93.2 Å². The first kappa shape index (κ1) is 20.6. The molecule has 1 unspecified atom stereocenters. The van der Waals surface area contributed by atoms with Gasteiger partial charge in [0.25, 0.3) is 0 Å². The molecule has 9 heteroatoms. The number of hydrogen-bond acceptors (Lipinski definition) is 5. The van der Waals surface area contributed by atoms with E-state index in [1.54, 1.807) is 6.92 Å². The minimum Gasteiger partial charge on any atom is -0.355 e. The van der Waals surface area contributed by atoms with Crippen LogP contribution in [0.15, 0.2) is 4.99 Å². The number of rotatable bonds is 5. The number of likely N-dealkylation sites (tertiary alicyclic amines) is 1. The summed E-state index contributed by atoms with van der Waals surface area (Å²) in [5.41, 5.74) is 0. The molecule has 2 saturated heterocycles. The monoisotopic (exact) mass is 390 g/mol. The highest BCUT2D eigenvalue weighted by molar-refractivity contribution is 5.80. The summed E-state index contributed by atoms with van der Waals surface area (Å²) in [6.07, 6.45) is 2.50. The number of nitrogens with one attached hydrogen (secondary N) is 1. The van der Waals surface area contributed by atoms with Crippen molar-refractivity contribution in [3.8, 4) is 0 Å². The number of guanidine groups is 1. The molecule has 2 aliphatic rings. The molecule has 1 aromatic rings. The molecule has 0 saturated carbocycles. The van der Waals surface area contributed by atoms with Crippen molar-refractivity contribution < 1.29 is 4.79 Å². The van der Waals surface area contributed by atoms with Crippen molar-refractivity contribution in [2.75, 3.05) is 45.8 Å². The van der Waals surface area contributed by atoms with E-state index in [1.807, 2.05) is 23.4 Å². The number of carbonyl (C=O) groups excluding carboxylic acids is 1. The lowest BCUT2D eigenvalue weighted by atomic mass is 10.2. The number of nitrogens with zero attached hydrogens (tertiary/aromatic N) is 7. The molecule has 0 bridgehead atoms. The highest BCUT2D eigenvalue weighted by Gasteiger charge is 2.25. The van der Waals surface area contributed by atoms with Crippen LogP contribution in [0, 0.1) is 6.92 Å². The summed E-state index contributed by atoms with van der Waals surface area (Å²) < 4.78 is 1.98. The number of amides is 1. The SMILES string of the molecule is CCN1CCCC1CNC(=NCc1nnc(C)n1C)N1CCN(C(C)=O)CC1. The summed E-state index contributed by atoms with van der Waals surface area (Å²) in [5, 5.41) is 12.0. The number of piperazine rings is 1. The molecule has 0 aromatic carbocycles. The van der Waals surface area contributed by atoms with Crippen LogP contribution in [0.4, 0.5) is 0 Å². The van der Waals surface area contributed by atoms with Crippen LogP contribution in [0.1, 0.15) is 38.3 Å². The first-order chi connectivity index (χ1) is 13.5. The quantitative estimate of drug-likeness (QED) is 0.572. The Morgan fingerprint density at radius 3 is 2.50 bits per heavy atom. The zero-order chi connectivity index (χ0) is 20.1. The molecule has 0 radical (unpaired) electrons. The normalized spacial score (nSPS) is 21.4. The summed E-state index contributed by atoms with van der Waals surface area (Å²) in [6, 6.07) is 0.561. The third kappa shape index (κ3) is 4.81. The number of aliphatic imine (C=N–C) groups is 1. The van der Waals surface area contributed by atoms with Crippen molar-refractivity contribution in [1.82, 2.24) is 34.8 Å². The second-order valence-corrected chi connectivity index (χ2v) is 7.66. The predicted octanol–water partition coefficient (Wildman–Crippen LogP) is 0.218. The highest BCUT2D eigenvalue weighted by atomic mass is 16.2. The molecule has 3 heterocycles. The third-order valence-electron chi connectivity index (χ3n) is 5.98. The van der Waals surface area contributed by atoms with Gasteiger partial charge in [-0.3, -0.25) is 9.69 Å². The molecule has 0 aliphatic carbocycles. The maximum absolute atomic E-state index is 11.6. The zero-order valence-electron chi connectivity index (χ0n) is 17.7. The van der Waals surface area contributed by atoms with Crippen LogP contribution in [0.25, 0.3) is 0 Å². The second kappa shape index (κ2) is 9.36. The molecule has 0 spiro atoms. The van der Waals surface area contributed by atoms with E-state index in [4.69, 9.17) is 4.99 Å². The van der Waals surface area contributed by atoms with Crippen LogP contribution in [0.3, 0.4) is 0 Å². The van der Waals surface area contributed by atoms with Gasteiger partial charge in [-0.2, -0.15) is 0 Å². The Bertz CT molecular complexity index is 692. The molecule has 156 valence electrons. The lowest BCUT2D eigenvalue weighted by Gasteiger charge is -2.36. The Balaban J connectivity index is 1.67. The van der Waals surface area contributed by atoms with Crippen LogP contribution in [-0.2, 0) is 18.4 Å². The third-order valence-corrected chi connectivity index (χ3v) is 5.98. The van der Waals surface area contributed by atoms with E-state index in [2.05, 4.69) is 32.2 Å². The Morgan fingerprint density at radius 2 is 1.89 bits per heavy atom. The van der Waals surface area contributed by atoms with E-state index in [0.29, 0.717) is 12.6 Å². The highest BCUT2D eigenvalue weighted by Crippen LogP contribution is 2.16. The van der Waals surface area contributed by atoms with Crippen LogP contribution >= 0.6 is 0 Å². The van der Waals surface area contributed by atoms with Crippen molar-refractivity contribution in [2.24, 2.45) is 12.0 Å². The molecular weight excluding hydrogens is 356 g/mol. The topological polar surface area (TPSA) is 81.9 Å². The molecular formula is C19H34N8O. The summed E-state index contributed by atoms with van der Waals surface area (Å²) in [6.45, 7) is 12.6. The van der Waals surface area contributed by atoms with Gasteiger partial charge in [0, 0.05) is 52.7 Å². The number of aryl methyl sites for hydroxylation is 1. The van der Waals surface area contributed by atoms with Gasteiger partial charge in [-0.1, -0.05) is 6.92 Å². The second-order valence-electron chi connectivity index (χ2n) is 7.66. The van der Waals surface area contributed by atoms with E-state index in [1.165, 1.54) is 19.4 Å². The van der Waals surface area contributed by atoms with E-state index < -0.39 is 0 Å². The number of aromatic nitrogens is 3. The fourth-order valence-corrected chi connectivity index (χ4v) is 3.99. The molecule has 1 atom stereocenters. The van der Waals surface area contributed by atoms with Gasteiger partial charge in [-0.25, -0.2) is 4.99 Å². The van der Waals surface area contributed by atoms with Crippen LogP contribution < -0.4 is 5.32 Å². The van der Waals surface area contributed by atoms with Gasteiger partial charge in [-0.05, 0) is 32.9 Å². The van der Waals surface area contributed by atoms with E-state index in [0.717, 1.165) is 56.9 Å². The smallest absolute Gasteiger partial charge is 0.219 e. The summed E-state index contributed by atoms with van der Waals surface area (Å²) in [7, 11) is 1.97. The van der Waals surface area contributed by atoms with Crippen molar-refractivity contribution in [2.45, 2.75) is 46.2 Å². The lowest BCUT2D eigenvalue weighted by molar-refractivity contribution is -0.130. The minimum atomic E-state index is 0.144. The van der Waals surface area contributed by atoms with Crippen molar-refractivity contribution in [1.29, 1.82) is 0 Å². The fraction of sp³-hybridized carbons (Fsp3) is 0.789. The number of hydrogen-bond donors (Lipinski definition) is 1. The van der Waals surface area contributed by atoms with Gasteiger partial charge in [0.05, 0.1) is 0 Å². The predicted molar refractivity (Wildman–Crippen MR) is 109 cm³/mol. The molecule has 28 heavy (non-hydrogen) atoms. The largest absolute Gasteiger partial charge is 0.355 e. The minimum absolute atomic E-state index is 0.144. The summed E-state index contributed by atoms with van der Waals surface area (Å²) in [5.74, 6) is 2.80. The van der Waals surface area contributed by atoms with Crippen molar-refractivity contribution >= 4 is 11.9 Å². The van der Waals surface area contributed by atoms with Gasteiger partial charge in [-0.15, -0.1) is 10.2 Å². The van der Waals surface area contributed by atoms with Gasteiger partial charge in [0.2, 0.25) is 5.91 Å². The maximum Gasteiger partial charge on any atom is 0.219 e. The van der Waals surface area contributed by atoms with E-state index >= 15 is 0 Å². The van der Waals surface area contributed by atoms with Crippen molar-refractivity contribution in [3.05, 3.63) is 11.6 Å². The summed E-state index contributed by atoms with van der Waals surface area (Å²) in [4.78, 5) is 23.2. The van der Waals surface area contributed by atoms with Crippen LogP contribution in [0.5, 0.6) is 0 Å². The van der Waals surface area contributed by atoms with Crippen LogP contribution in [0.2, 0.25) is 0 Å². The molecule has 3 rings (SSSR count). The van der Waals surface area contributed by atoms with Crippen molar-refractivity contribution in [3.63, 3.8) is 0 Å². The summed E-state index contributed by atoms with van der Waals surface area (Å²) >= 11 is 0. The fourth-order valence-electron chi connectivity index (χ4n) is 3.99. The Labute approximate surface area is 167 Å². The van der Waals surface area contributed by atoms with Gasteiger partial charge >= 0.3 is 0 Å². The average Bonchev–Trinajstić information content (AvgIpc) is 3.29. The average molecular weight is 391 g/mol. The molecule has 1 aromatic heterocycles. The Hall–Kier alpha value is -2.16. The Morgan fingerprint density at radius 1 is 1.18 bits per heavy atom. The first-order valence-corrected chi connectivity index (χ1v) is 10.4. The number of likely N-dealkylation sites (N-methyl/N-ethyl adjacent to an activating group) is 1. The van der Waals surface area contributed by atoms with E-state index in [-0.39, 0.29) is 5.91 Å². The zero-order valence-corrected chi connectivity index (χ0v) is 17.7. The van der Waals surface area contributed by atoms with Gasteiger partial charge < -0.3 is 19.7 Å². The lowest BCUT2D eigenvalue weighted by Crippen LogP contribution is -2.54. The Kier molecular flexibility index (Phi) is 6.88. The molecule has 1 amide bonds. The molecule has 9 nitrogen and oxygen atoms in total. The number of carbonyl (C=O) groups is 1.